The van der Waals surface area contributed by atoms with Crippen LogP contribution in [-0.2, 0) is 22.6 Å². The normalized spacial score (nSPS) is 15.0. The number of hydrogen-bond donors (Lipinski definition) is 0. The molecule has 7 aromatic carbocycles. The highest BCUT2D eigenvalue weighted by Crippen LogP contribution is 2.63. The minimum absolute atomic E-state index is 0.0584. The first kappa shape index (κ1) is 30.2. The quantitative estimate of drug-likeness (QED) is 0.115. The molecule has 53 heavy (non-hydrogen) atoms. The van der Waals surface area contributed by atoms with Crippen LogP contribution in [0.1, 0.15) is 52.7 Å². The minimum Gasteiger partial charge on any atom is -0.456 e. The molecule has 0 amide bonds. The number of aromatic nitrogens is 2. The largest absolute Gasteiger partial charge is 0.456 e. The lowest BCUT2D eigenvalue weighted by molar-refractivity contribution is 0.489. The summed E-state index contributed by atoms with van der Waals surface area (Å²) in [6, 6.07) is 34.3. The van der Waals surface area contributed by atoms with Crippen LogP contribution < -0.4 is 20.7 Å². The monoisotopic (exact) mass is 726 g/mol. The zero-order valence-electron chi connectivity index (χ0n) is 30.3. The summed E-state index contributed by atoms with van der Waals surface area (Å²) >= 11 is 7.38. The highest BCUT2D eigenvalue weighted by Gasteiger charge is 2.49. The van der Waals surface area contributed by atoms with Gasteiger partial charge in [0.2, 0.25) is 0 Å². The third-order valence-electron chi connectivity index (χ3n) is 11.7. The van der Waals surface area contributed by atoms with Crippen LogP contribution in [0.4, 0.5) is 0 Å². The zero-order valence-corrected chi connectivity index (χ0v) is 32.0. The first-order chi connectivity index (χ1) is 25.4. The molecule has 0 spiro atoms. The van der Waals surface area contributed by atoms with Crippen LogP contribution in [0.2, 0.25) is 0 Å². The molecule has 0 aliphatic carbocycles. The molecule has 5 nitrogen and oxygen atoms in total. The molecule has 0 fully saturated rings. The number of ether oxygens (including phenoxy) is 1. The molecule has 9 aromatic rings. The molecule has 0 N–H and O–H groups in total. The van der Waals surface area contributed by atoms with E-state index >= 15 is 0 Å². The molecule has 0 saturated heterocycles. The molecular weight excluding hydrogens is 692 g/mol. The number of fused-ring (bicyclic) bond motifs is 10. The van der Waals surface area contributed by atoms with E-state index in [1.807, 2.05) is 0 Å². The number of nitrogens with zero attached hydrogens (tertiary/aromatic N) is 2. The smallest absolute Gasteiger partial charge is 0.156 e. The van der Waals surface area contributed by atoms with E-state index in [1.165, 1.54) is 11.1 Å². The van der Waals surface area contributed by atoms with Gasteiger partial charge < -0.3 is 22.7 Å². The van der Waals surface area contributed by atoms with E-state index in [-0.39, 0.29) is 10.8 Å². The molecule has 0 atom stereocenters. The van der Waals surface area contributed by atoms with Gasteiger partial charge in [-0.05, 0) is 69.1 Å². The van der Waals surface area contributed by atoms with Gasteiger partial charge in [0, 0.05) is 16.8 Å². The minimum atomic E-state index is -2.81. The van der Waals surface area contributed by atoms with Crippen molar-refractivity contribution in [3.8, 4) is 22.9 Å². The summed E-state index contributed by atoms with van der Waals surface area (Å²) in [6.07, 6.45) is 0. The molecule has 0 radical (unpaired) electrons. The molecule has 7 heteroatoms. The molecule has 0 unspecified atom stereocenters. The Kier molecular flexibility index (Phi) is 5.38. The Labute approximate surface area is 310 Å². The molecule has 258 valence electrons. The number of benzene rings is 7. The van der Waals surface area contributed by atoms with Crippen molar-refractivity contribution in [1.82, 2.24) is 9.13 Å². The summed E-state index contributed by atoms with van der Waals surface area (Å²) < 4.78 is 26.2. The number of rotatable bonds is 0. The van der Waals surface area contributed by atoms with Crippen LogP contribution in [0.3, 0.4) is 0 Å². The Balaban J connectivity index is 1.42. The van der Waals surface area contributed by atoms with Crippen LogP contribution in [0, 0.1) is 0 Å². The maximum Gasteiger partial charge on any atom is 0.156 e. The van der Waals surface area contributed by atoms with Gasteiger partial charge in [0.05, 0.1) is 44.4 Å². The van der Waals surface area contributed by atoms with Gasteiger partial charge in [0.25, 0.3) is 0 Å². The fourth-order valence-electron chi connectivity index (χ4n) is 9.18. The lowest BCUT2D eigenvalue weighted by atomic mass is 9.87. The second kappa shape index (κ2) is 9.43. The van der Waals surface area contributed by atoms with Gasteiger partial charge in [0.15, 0.2) is 22.3 Å². The van der Waals surface area contributed by atoms with Gasteiger partial charge in [-0.2, -0.15) is 0 Å². The van der Waals surface area contributed by atoms with Crippen molar-refractivity contribution in [3.05, 3.63) is 114 Å². The fourth-order valence-corrected chi connectivity index (χ4v) is 14.3. The first-order valence-electron chi connectivity index (χ1n) is 18.3. The Morgan fingerprint density at radius 1 is 0.509 bits per heavy atom. The van der Waals surface area contributed by atoms with E-state index in [2.05, 4.69) is 154 Å². The van der Waals surface area contributed by atoms with Crippen LogP contribution >= 0.6 is 6.04 Å². The highest BCUT2D eigenvalue weighted by molar-refractivity contribution is 8.26. The summed E-state index contributed by atoms with van der Waals surface area (Å²) in [6.45, 7) is 13.5. The maximum absolute atomic E-state index is 7.38. The maximum atomic E-state index is 7.38. The van der Waals surface area contributed by atoms with Crippen molar-refractivity contribution in [2.45, 2.75) is 52.4 Å². The predicted octanol–water partition coefficient (Wildman–Crippen LogP) is 11.6. The second-order valence-corrected chi connectivity index (χ2v) is 21.2. The first-order valence-corrected chi connectivity index (χ1v) is 21.1. The SMILES string of the molecule is CC(C)(C)c1ccc2c(c1)oc1cc3oc4cc(C(C)(C)C)ccc4n4c3c3c1n2-c1c2c(cc5ccccc15)Oc1cc5ccccc5c-4c1P23=S. The molecule has 12 rings (SSSR count). The van der Waals surface area contributed by atoms with Crippen LogP contribution in [-0.4, -0.2) is 9.13 Å². The van der Waals surface area contributed by atoms with E-state index in [4.69, 9.17) is 25.4 Å². The summed E-state index contributed by atoms with van der Waals surface area (Å²) in [5.41, 5.74) is 11.6. The summed E-state index contributed by atoms with van der Waals surface area (Å²) in [5, 5.41) is 7.82. The van der Waals surface area contributed by atoms with E-state index < -0.39 is 6.04 Å². The van der Waals surface area contributed by atoms with E-state index in [0.717, 1.165) is 105 Å². The molecule has 0 saturated carbocycles. The van der Waals surface area contributed by atoms with Crippen molar-refractivity contribution in [1.29, 1.82) is 0 Å². The van der Waals surface area contributed by atoms with Crippen LogP contribution in [0.5, 0.6) is 11.5 Å². The second-order valence-electron chi connectivity index (χ2n) is 17.0. The standard InChI is InChI=1S/C46H35N2O3PS/c1-45(2,3)26-15-17-30-32(21-26)49-34-23-35-41-44-40(34)47(30)38-28-13-9-7-11-24(28)19-36-42(38)52(44,53)43-37(51-36)20-25-12-8-10-14-29(25)39(43)48(41)31-18-16-27(46(4,5)6)22-33(31)50-35/h7-23H,1-6H3. The van der Waals surface area contributed by atoms with Gasteiger partial charge in [-0.15, -0.1) is 0 Å². The molecule has 5 heterocycles. The Morgan fingerprint density at radius 2 is 0.962 bits per heavy atom. The van der Waals surface area contributed by atoms with Gasteiger partial charge in [-0.25, -0.2) is 0 Å². The van der Waals surface area contributed by atoms with Crippen molar-refractivity contribution >= 4 is 99.7 Å². The lowest BCUT2D eigenvalue weighted by Crippen LogP contribution is -2.42. The van der Waals surface area contributed by atoms with E-state index in [0.29, 0.717) is 0 Å². The fraction of sp³-hybridized carbons (Fsp3) is 0.174. The van der Waals surface area contributed by atoms with Crippen LogP contribution in [0.15, 0.2) is 112 Å². The van der Waals surface area contributed by atoms with Gasteiger partial charge >= 0.3 is 0 Å². The predicted molar refractivity (Wildman–Crippen MR) is 223 cm³/mol. The Morgan fingerprint density at radius 3 is 1.42 bits per heavy atom. The summed E-state index contributed by atoms with van der Waals surface area (Å²) in [5.74, 6) is 1.67. The molecule has 0 bridgehead atoms. The topological polar surface area (TPSA) is 45.4 Å². The average molecular weight is 727 g/mol. The summed E-state index contributed by atoms with van der Waals surface area (Å²) in [7, 11) is 0. The number of hydrogen-bond acceptors (Lipinski definition) is 4. The zero-order chi connectivity index (χ0) is 35.9. The molecule has 2 aromatic heterocycles. The average Bonchev–Trinajstić information content (AvgIpc) is 3.12. The molecule has 3 aliphatic rings. The Bertz CT molecular complexity index is 3110. The van der Waals surface area contributed by atoms with E-state index in [9.17, 15) is 0 Å². The highest BCUT2D eigenvalue weighted by atomic mass is 32.4. The van der Waals surface area contributed by atoms with Crippen LogP contribution in [0.25, 0.3) is 77.3 Å². The van der Waals surface area contributed by atoms with Gasteiger partial charge in [-0.3, -0.25) is 0 Å². The van der Waals surface area contributed by atoms with Crippen molar-refractivity contribution in [2.24, 2.45) is 0 Å². The Hall–Kier alpha value is -5.29. The van der Waals surface area contributed by atoms with Crippen molar-refractivity contribution in [3.63, 3.8) is 0 Å². The van der Waals surface area contributed by atoms with E-state index in [1.54, 1.807) is 0 Å². The van der Waals surface area contributed by atoms with Crippen molar-refractivity contribution in [2.75, 3.05) is 0 Å². The lowest BCUT2D eigenvalue weighted by Gasteiger charge is -2.43. The van der Waals surface area contributed by atoms with Gasteiger partial charge in [0.1, 0.15) is 22.5 Å². The molecular formula is C46H35N2O3PS. The van der Waals surface area contributed by atoms with Crippen molar-refractivity contribution < 1.29 is 13.6 Å². The summed E-state index contributed by atoms with van der Waals surface area (Å²) in [4.78, 5) is 0. The third kappa shape index (κ3) is 3.62. The third-order valence-corrected chi connectivity index (χ3v) is 16.6. The van der Waals surface area contributed by atoms with Gasteiger partial charge in [-0.1, -0.05) is 114 Å². The molecule has 3 aliphatic heterocycles.